The van der Waals surface area contributed by atoms with Crippen molar-refractivity contribution in [2.24, 2.45) is 0 Å². The first kappa shape index (κ1) is 23.5. The third kappa shape index (κ3) is 3.86. The number of aryl methyl sites for hydroxylation is 4. The lowest BCUT2D eigenvalue weighted by Gasteiger charge is -2.14. The van der Waals surface area contributed by atoms with Crippen LogP contribution in [0.5, 0.6) is 0 Å². The molecule has 5 aromatic rings. The maximum Gasteiger partial charge on any atom is 0.198 e. The minimum absolute atomic E-state index is 0.237. The highest BCUT2D eigenvalue weighted by Gasteiger charge is 2.30. The van der Waals surface area contributed by atoms with Crippen molar-refractivity contribution in [3.63, 3.8) is 0 Å². The lowest BCUT2D eigenvalue weighted by molar-refractivity contribution is 0.412. The average Bonchev–Trinajstić information content (AvgIpc) is 3.57. The number of rotatable bonds is 4. The lowest BCUT2D eigenvalue weighted by atomic mass is 9.93. The van der Waals surface area contributed by atoms with Gasteiger partial charge in [0.2, 0.25) is 0 Å². The van der Waals surface area contributed by atoms with Gasteiger partial charge in [0.25, 0.3) is 0 Å². The molecule has 0 amide bonds. The zero-order valence-corrected chi connectivity index (χ0v) is 21.9. The smallest absolute Gasteiger partial charge is 0.198 e. The van der Waals surface area contributed by atoms with Crippen LogP contribution >= 0.6 is 45.3 Å². The molecule has 5 rings (SSSR count). The van der Waals surface area contributed by atoms with Crippen LogP contribution in [0.1, 0.15) is 19.5 Å². The largest absolute Gasteiger partial charge is 0.203 e. The summed E-state index contributed by atoms with van der Waals surface area (Å²) in [6.07, 6.45) is 0. The van der Waals surface area contributed by atoms with Gasteiger partial charge in [-0.15, -0.1) is 45.3 Å². The fraction of sp³-hybridized carbons (Fsp3) is 0.154. The highest BCUT2D eigenvalue weighted by Crippen LogP contribution is 2.48. The van der Waals surface area contributed by atoms with Crippen LogP contribution < -0.4 is 0 Å². The van der Waals surface area contributed by atoms with Gasteiger partial charge in [-0.2, -0.15) is 0 Å². The third-order valence-electron chi connectivity index (χ3n) is 5.61. The predicted molar refractivity (Wildman–Crippen MR) is 138 cm³/mol. The van der Waals surface area contributed by atoms with Crippen molar-refractivity contribution in [3.8, 4) is 41.8 Å². The van der Waals surface area contributed by atoms with Crippen molar-refractivity contribution in [3.05, 3.63) is 79.2 Å². The summed E-state index contributed by atoms with van der Waals surface area (Å²) in [5.74, 6) is -6.33. The molecule has 0 fully saturated rings. The average molecular weight is 535 g/mol. The molecule has 0 atom stereocenters. The van der Waals surface area contributed by atoms with E-state index < -0.39 is 23.3 Å². The van der Waals surface area contributed by atoms with E-state index in [0.29, 0.717) is 20.9 Å². The van der Waals surface area contributed by atoms with Crippen LogP contribution in [0.25, 0.3) is 41.8 Å². The molecule has 4 heterocycles. The third-order valence-corrected chi connectivity index (χ3v) is 10.1. The Morgan fingerprint density at radius 3 is 1.18 bits per heavy atom. The topological polar surface area (TPSA) is 0 Å². The zero-order chi connectivity index (χ0) is 24.3. The highest BCUT2D eigenvalue weighted by molar-refractivity contribution is 7.23. The quantitative estimate of drug-likeness (QED) is 0.122. The Hall–Kier alpha value is -2.26. The summed E-state index contributed by atoms with van der Waals surface area (Å²) in [5.41, 5.74) is 0.268. The standard InChI is InChI=1S/C26H18F4S4/c1-11-5-7-17(31-11)19-9-15(13(3)33-19)21-22(24(28)26(30)25(29)23(21)27)16-10-20(34-14(16)4)18-8-6-12(2)32-18/h5-10H,1-4H3. The molecular formula is C26H18F4S4. The Balaban J connectivity index is 1.76. The fourth-order valence-corrected chi connectivity index (χ4v) is 7.92. The van der Waals surface area contributed by atoms with E-state index >= 15 is 8.78 Å². The Kier molecular flexibility index (Phi) is 6.04. The molecule has 0 aliphatic carbocycles. The van der Waals surface area contributed by atoms with Gasteiger partial charge >= 0.3 is 0 Å². The second-order valence-corrected chi connectivity index (χ2v) is 13.1. The van der Waals surface area contributed by atoms with Gasteiger partial charge < -0.3 is 0 Å². The number of hydrogen-bond acceptors (Lipinski definition) is 4. The van der Waals surface area contributed by atoms with Crippen LogP contribution in [0.15, 0.2) is 36.4 Å². The zero-order valence-electron chi connectivity index (χ0n) is 18.6. The maximum absolute atomic E-state index is 15.4. The summed E-state index contributed by atoms with van der Waals surface area (Å²) in [6.45, 7) is 7.55. The molecule has 0 nitrogen and oxygen atoms in total. The Morgan fingerprint density at radius 2 is 0.853 bits per heavy atom. The molecular weight excluding hydrogens is 517 g/mol. The van der Waals surface area contributed by atoms with Crippen LogP contribution in [0.4, 0.5) is 17.6 Å². The Labute approximate surface area is 210 Å². The van der Waals surface area contributed by atoms with Gasteiger partial charge in [-0.25, -0.2) is 17.6 Å². The van der Waals surface area contributed by atoms with Crippen LogP contribution in [0, 0.1) is 51.0 Å². The van der Waals surface area contributed by atoms with Crippen LogP contribution in [0.3, 0.4) is 0 Å². The van der Waals surface area contributed by atoms with Crippen molar-refractivity contribution < 1.29 is 17.6 Å². The predicted octanol–water partition coefficient (Wildman–Crippen LogP) is 10.4. The van der Waals surface area contributed by atoms with Gasteiger partial charge in [-0.1, -0.05) is 0 Å². The first-order valence-corrected chi connectivity index (χ1v) is 13.6. The summed E-state index contributed by atoms with van der Waals surface area (Å²) in [5, 5.41) is 0. The molecule has 0 unspecified atom stereocenters. The van der Waals surface area contributed by atoms with E-state index in [1.165, 1.54) is 22.7 Å². The highest BCUT2D eigenvalue weighted by atomic mass is 32.1. The molecule has 1 aromatic carbocycles. The Bertz CT molecular complexity index is 1430. The summed E-state index contributed by atoms with van der Waals surface area (Å²) in [6, 6.07) is 11.4. The van der Waals surface area contributed by atoms with Gasteiger partial charge in [-0.05, 0) is 75.2 Å². The monoisotopic (exact) mass is 534 g/mol. The minimum Gasteiger partial charge on any atom is -0.203 e. The second kappa shape index (κ2) is 8.75. The number of hydrogen-bond donors (Lipinski definition) is 0. The van der Waals surface area contributed by atoms with Crippen LogP contribution in [-0.4, -0.2) is 0 Å². The molecule has 0 spiro atoms. The molecule has 0 aliphatic heterocycles. The van der Waals surface area contributed by atoms with Crippen LogP contribution in [-0.2, 0) is 0 Å². The van der Waals surface area contributed by atoms with E-state index in [-0.39, 0.29) is 11.1 Å². The van der Waals surface area contributed by atoms with Crippen molar-refractivity contribution in [2.45, 2.75) is 27.7 Å². The first-order valence-electron chi connectivity index (χ1n) is 10.4. The molecule has 4 aromatic heterocycles. The maximum atomic E-state index is 15.4. The van der Waals surface area contributed by atoms with E-state index in [4.69, 9.17) is 0 Å². The van der Waals surface area contributed by atoms with Gasteiger partial charge in [0.1, 0.15) is 0 Å². The molecule has 8 heteroatoms. The molecule has 0 bridgehead atoms. The van der Waals surface area contributed by atoms with Gasteiger partial charge in [-0.3, -0.25) is 0 Å². The summed E-state index contributed by atoms with van der Waals surface area (Å²) in [4.78, 5) is 7.38. The number of benzene rings is 1. The van der Waals surface area contributed by atoms with E-state index in [2.05, 4.69) is 0 Å². The van der Waals surface area contributed by atoms with Crippen molar-refractivity contribution >= 4 is 45.3 Å². The van der Waals surface area contributed by atoms with E-state index in [1.54, 1.807) is 48.7 Å². The first-order chi connectivity index (χ1) is 16.2. The van der Waals surface area contributed by atoms with Gasteiger partial charge in [0, 0.05) is 50.1 Å². The van der Waals surface area contributed by atoms with E-state index in [0.717, 1.165) is 29.3 Å². The molecule has 0 N–H and O–H groups in total. The second-order valence-electron chi connectivity index (χ2n) is 7.99. The fourth-order valence-electron chi connectivity index (χ4n) is 3.97. The summed E-state index contributed by atoms with van der Waals surface area (Å²) < 4.78 is 59.7. The lowest BCUT2D eigenvalue weighted by Crippen LogP contribution is -2.03. The number of thiophene rings is 4. The number of halogens is 4. The Morgan fingerprint density at radius 1 is 0.471 bits per heavy atom. The van der Waals surface area contributed by atoms with Crippen molar-refractivity contribution in [2.75, 3.05) is 0 Å². The van der Waals surface area contributed by atoms with Crippen molar-refractivity contribution in [1.82, 2.24) is 0 Å². The molecule has 174 valence electrons. The molecule has 0 aliphatic rings. The van der Waals surface area contributed by atoms with Crippen molar-refractivity contribution in [1.29, 1.82) is 0 Å². The van der Waals surface area contributed by atoms with Crippen LogP contribution in [0.2, 0.25) is 0 Å². The molecule has 0 saturated heterocycles. The van der Waals surface area contributed by atoms with E-state index in [9.17, 15) is 8.78 Å². The molecule has 34 heavy (non-hydrogen) atoms. The molecule has 0 radical (unpaired) electrons. The van der Waals surface area contributed by atoms with Gasteiger partial charge in [0.05, 0.1) is 0 Å². The normalized spacial score (nSPS) is 11.5. The van der Waals surface area contributed by atoms with E-state index in [1.807, 2.05) is 38.1 Å². The minimum atomic E-state index is -1.79. The molecule has 0 saturated carbocycles. The van der Waals surface area contributed by atoms with Gasteiger partial charge in [0.15, 0.2) is 23.3 Å². The summed E-state index contributed by atoms with van der Waals surface area (Å²) >= 11 is 6.02. The SMILES string of the molecule is Cc1ccc(-c2cc(-c3c(F)c(F)c(F)c(F)c3-c3cc(-c4ccc(C)s4)sc3C)c(C)s2)s1. The summed E-state index contributed by atoms with van der Waals surface area (Å²) in [7, 11) is 0.